The van der Waals surface area contributed by atoms with Crippen molar-refractivity contribution in [3.63, 3.8) is 0 Å². The minimum atomic E-state index is -4.39. The molecule has 0 aromatic carbocycles. The largest absolute Gasteiger partial charge is 0.472 e. The highest BCUT2D eigenvalue weighted by molar-refractivity contribution is 7.47. The molecule has 43 heavy (non-hydrogen) atoms. The Kier molecular flexibility index (Phi) is 18.7. The normalized spacial score (nSPS) is 22.0. The third kappa shape index (κ3) is 18.7. The number of Topliss-reactive ketones (excluding diaryl/α,β-unsaturated/α-hetero) is 1. The maximum absolute atomic E-state index is 12.4. The number of rotatable bonds is 23. The molecule has 0 radical (unpaired) electrons. The van der Waals surface area contributed by atoms with E-state index < -0.39 is 44.7 Å². The summed E-state index contributed by atoms with van der Waals surface area (Å²) >= 11 is 0. The molecule has 0 spiro atoms. The van der Waals surface area contributed by atoms with Crippen molar-refractivity contribution in [3.05, 3.63) is 12.2 Å². The van der Waals surface area contributed by atoms with Gasteiger partial charge in [-0.3, -0.25) is 23.4 Å². The fourth-order valence-corrected chi connectivity index (χ4v) is 5.50. The molecule has 0 bridgehead atoms. The molecule has 12 nitrogen and oxygen atoms in total. The lowest BCUT2D eigenvalue weighted by molar-refractivity contribution is -0.870. The first-order chi connectivity index (χ1) is 20.1. The Morgan fingerprint density at radius 2 is 1.77 bits per heavy atom. The third-order valence-corrected chi connectivity index (χ3v) is 8.24. The van der Waals surface area contributed by atoms with E-state index in [2.05, 4.69) is 6.92 Å². The number of esters is 2. The summed E-state index contributed by atoms with van der Waals surface area (Å²) in [6.07, 6.45) is 8.52. The van der Waals surface area contributed by atoms with E-state index in [1.54, 1.807) is 12.2 Å². The van der Waals surface area contributed by atoms with Gasteiger partial charge in [0, 0.05) is 25.7 Å². The number of hydrogen-bond acceptors (Lipinski definition) is 10. The number of carbonyl (C=O) groups is 3. The number of nitrogens with zero attached hydrogens (tertiary/aromatic N) is 1. The van der Waals surface area contributed by atoms with E-state index in [0.717, 1.165) is 38.5 Å². The van der Waals surface area contributed by atoms with Gasteiger partial charge in [-0.2, -0.15) is 0 Å². The molecule has 1 rings (SSSR count). The summed E-state index contributed by atoms with van der Waals surface area (Å²) in [5, 5.41) is 20.6. The van der Waals surface area contributed by atoms with E-state index in [1.807, 2.05) is 21.1 Å². The van der Waals surface area contributed by atoms with Crippen molar-refractivity contribution in [1.29, 1.82) is 0 Å². The molecule has 0 saturated heterocycles. The number of likely N-dealkylation sites (N-methyl/N-ethyl adjacent to an activating group) is 1. The quantitative estimate of drug-likeness (QED) is 0.0492. The number of aliphatic hydroxyl groups excluding tert-OH is 2. The van der Waals surface area contributed by atoms with E-state index in [0.29, 0.717) is 30.3 Å². The van der Waals surface area contributed by atoms with Gasteiger partial charge in [0.1, 0.15) is 25.5 Å². The van der Waals surface area contributed by atoms with Gasteiger partial charge in [0.05, 0.1) is 40.0 Å². The fraction of sp³-hybridized carbons (Fsp3) is 0.833. The molecule has 0 aromatic rings. The van der Waals surface area contributed by atoms with E-state index in [9.17, 15) is 34.1 Å². The highest BCUT2D eigenvalue weighted by Gasteiger charge is 2.39. The molecule has 3 N–H and O–H groups in total. The molecule has 0 amide bonds. The van der Waals surface area contributed by atoms with Gasteiger partial charge in [-0.25, -0.2) is 4.57 Å². The Morgan fingerprint density at radius 1 is 1.07 bits per heavy atom. The van der Waals surface area contributed by atoms with Crippen LogP contribution in [-0.4, -0.2) is 103 Å². The van der Waals surface area contributed by atoms with E-state index >= 15 is 0 Å². The van der Waals surface area contributed by atoms with Crippen LogP contribution < -0.4 is 0 Å². The lowest BCUT2D eigenvalue weighted by Gasteiger charge is -2.24. The molecule has 1 aliphatic carbocycles. The molecular weight excluding hydrogens is 581 g/mol. The first kappa shape index (κ1) is 39.4. The van der Waals surface area contributed by atoms with Crippen LogP contribution in [0.3, 0.4) is 0 Å². The number of aliphatic hydroxyl groups is 2. The summed E-state index contributed by atoms with van der Waals surface area (Å²) in [6, 6.07) is 0. The topological polar surface area (TPSA) is 166 Å². The summed E-state index contributed by atoms with van der Waals surface area (Å²) in [4.78, 5) is 46.0. The maximum atomic E-state index is 12.4. The summed E-state index contributed by atoms with van der Waals surface area (Å²) in [5.74, 6) is -1.73. The number of phosphoric acid groups is 1. The summed E-state index contributed by atoms with van der Waals surface area (Å²) in [6.45, 7) is 2.95. The predicted molar refractivity (Wildman–Crippen MR) is 161 cm³/mol. The van der Waals surface area contributed by atoms with E-state index in [4.69, 9.17) is 18.5 Å². The molecule has 250 valence electrons. The van der Waals surface area contributed by atoms with Gasteiger partial charge in [0.25, 0.3) is 0 Å². The van der Waals surface area contributed by atoms with Crippen molar-refractivity contribution < 1.29 is 57.1 Å². The van der Waals surface area contributed by atoms with Crippen LogP contribution in [-0.2, 0) is 37.5 Å². The number of unbranched alkanes of at least 4 members (excludes halogenated alkanes) is 5. The molecule has 1 aliphatic rings. The summed E-state index contributed by atoms with van der Waals surface area (Å²) in [5.41, 5.74) is 0. The van der Waals surface area contributed by atoms with Gasteiger partial charge in [-0.05, 0) is 25.2 Å². The number of allylic oxidation sites excluding steroid dienone is 1. The molecule has 1 unspecified atom stereocenters. The minimum Gasteiger partial charge on any atom is -0.462 e. The van der Waals surface area contributed by atoms with Crippen LogP contribution in [0.4, 0.5) is 0 Å². The monoisotopic (exact) mass is 636 g/mol. The highest BCUT2D eigenvalue weighted by Crippen LogP contribution is 2.43. The third-order valence-electron chi connectivity index (χ3n) is 7.26. The Bertz CT molecular complexity index is 920. The number of quaternary nitrogens is 1. The molecule has 13 heteroatoms. The van der Waals surface area contributed by atoms with E-state index in [1.165, 1.54) is 6.92 Å². The standard InChI is InChI=1S/C30H54NO11P/c1-6-7-10-13-24(33)16-17-27-26(28(34)20-29(27)35)14-11-8-9-12-15-30(36)42-25(21-39-23(2)32)22-41-43(37,38)40-19-18-31(3,4)5/h16-17,24-28,33-34H,6-15,18-22H2,1-5H3/p+1/b17-16+/t24-,25+,26+,27+,28-/m0/s1. The zero-order valence-electron chi connectivity index (χ0n) is 26.7. The van der Waals surface area contributed by atoms with Gasteiger partial charge < -0.3 is 29.1 Å². The van der Waals surface area contributed by atoms with Crippen LogP contribution in [0.1, 0.15) is 84.5 Å². The van der Waals surface area contributed by atoms with Gasteiger partial charge in [-0.15, -0.1) is 0 Å². The average molecular weight is 637 g/mol. The molecule has 0 aromatic heterocycles. The number of carbonyl (C=O) groups excluding carboxylic acids is 3. The number of ether oxygens (including phenoxy) is 2. The van der Waals surface area contributed by atoms with Crippen LogP contribution in [0.5, 0.6) is 0 Å². The molecule has 1 fully saturated rings. The minimum absolute atomic E-state index is 0.00202. The SMILES string of the molecule is CCCCC[C@H](O)/C=C/[C@H]1C(=O)C[C@H](O)[C@@H]1CCCCCCC(=O)O[C@H](COC(C)=O)COP(=O)(O)OCC[N+](C)(C)C. The smallest absolute Gasteiger partial charge is 0.462 e. The van der Waals surface area contributed by atoms with Crippen molar-refractivity contribution in [2.24, 2.45) is 11.8 Å². The highest BCUT2D eigenvalue weighted by atomic mass is 31.2. The first-order valence-electron chi connectivity index (χ1n) is 15.5. The maximum Gasteiger partial charge on any atom is 0.472 e. The lowest BCUT2D eigenvalue weighted by atomic mass is 9.88. The second kappa shape index (κ2) is 20.4. The molecule has 0 aliphatic heterocycles. The van der Waals surface area contributed by atoms with Crippen LogP contribution in [0, 0.1) is 11.8 Å². The molecule has 1 saturated carbocycles. The van der Waals surface area contributed by atoms with Crippen molar-refractivity contribution in [2.75, 3.05) is 47.5 Å². The first-order valence-corrected chi connectivity index (χ1v) is 17.0. The van der Waals surface area contributed by atoms with Crippen LogP contribution in [0.25, 0.3) is 0 Å². The second-order valence-electron chi connectivity index (χ2n) is 12.4. The van der Waals surface area contributed by atoms with Crippen molar-refractivity contribution >= 4 is 25.5 Å². The Labute approximate surface area is 256 Å². The van der Waals surface area contributed by atoms with Crippen LogP contribution >= 0.6 is 7.82 Å². The predicted octanol–water partition coefficient (Wildman–Crippen LogP) is 3.71. The van der Waals surface area contributed by atoms with E-state index in [-0.39, 0.29) is 43.7 Å². The van der Waals surface area contributed by atoms with Gasteiger partial charge in [-0.1, -0.05) is 57.6 Å². The van der Waals surface area contributed by atoms with Gasteiger partial charge in [0.15, 0.2) is 6.10 Å². The zero-order chi connectivity index (χ0) is 32.5. The van der Waals surface area contributed by atoms with Crippen LogP contribution in [0.2, 0.25) is 0 Å². The summed E-state index contributed by atoms with van der Waals surface area (Å²) < 4.78 is 32.9. The second-order valence-corrected chi connectivity index (χ2v) is 13.8. The average Bonchev–Trinajstić information content (AvgIpc) is 3.17. The zero-order valence-corrected chi connectivity index (χ0v) is 27.5. The lowest BCUT2D eigenvalue weighted by Crippen LogP contribution is -2.37. The molecule has 0 heterocycles. The Hall–Kier alpha value is -1.66. The van der Waals surface area contributed by atoms with Crippen molar-refractivity contribution in [3.8, 4) is 0 Å². The van der Waals surface area contributed by atoms with Crippen molar-refractivity contribution in [2.45, 2.75) is 103 Å². The Morgan fingerprint density at radius 3 is 2.42 bits per heavy atom. The van der Waals surface area contributed by atoms with Crippen molar-refractivity contribution in [1.82, 2.24) is 0 Å². The number of phosphoric ester groups is 1. The number of hydrogen-bond donors (Lipinski definition) is 3. The van der Waals surface area contributed by atoms with Crippen LogP contribution in [0.15, 0.2) is 12.2 Å². The Balaban J connectivity index is 2.43. The summed E-state index contributed by atoms with van der Waals surface area (Å²) in [7, 11) is 1.32. The molecule has 6 atom stereocenters. The molecular formula is C30H55NO11P+. The van der Waals surface area contributed by atoms with Gasteiger partial charge >= 0.3 is 19.8 Å². The van der Waals surface area contributed by atoms with Gasteiger partial charge in [0.2, 0.25) is 0 Å². The number of ketones is 1. The fourth-order valence-electron chi connectivity index (χ4n) is 4.76.